The van der Waals surface area contributed by atoms with Gasteiger partial charge >= 0.3 is 0 Å². The zero-order chi connectivity index (χ0) is 19.8. The molecule has 1 rings (SSSR count). The summed E-state index contributed by atoms with van der Waals surface area (Å²) in [6.45, 7) is 5.76. The van der Waals surface area contributed by atoms with Gasteiger partial charge in [0.15, 0.2) is 0 Å². The Hall–Kier alpha value is -0.130. The normalized spacial score (nSPS) is 11.4. The molecule has 1 aromatic carbocycles. The lowest BCUT2D eigenvalue weighted by Gasteiger charge is -2.38. The van der Waals surface area contributed by atoms with Crippen LogP contribution in [0.1, 0.15) is 76.7 Å². The van der Waals surface area contributed by atoms with E-state index < -0.39 is 0 Å². The Morgan fingerprint density at radius 3 is 1.82 bits per heavy atom. The highest BCUT2D eigenvalue weighted by atomic mass is 79.9. The zero-order valence-corrected chi connectivity index (χ0v) is 20.1. The molecular formula is C23H41BrClNO2. The maximum Gasteiger partial charge on any atom is 0.105 e. The van der Waals surface area contributed by atoms with E-state index >= 15 is 0 Å². The Balaban J connectivity index is 0.00000729. The molecule has 0 spiro atoms. The van der Waals surface area contributed by atoms with E-state index in [2.05, 4.69) is 13.0 Å². The fourth-order valence-corrected chi connectivity index (χ4v) is 4.17. The van der Waals surface area contributed by atoms with E-state index in [9.17, 15) is 10.2 Å². The van der Waals surface area contributed by atoms with Gasteiger partial charge in [0.2, 0.25) is 0 Å². The van der Waals surface area contributed by atoms with Crippen molar-refractivity contribution in [3.05, 3.63) is 34.9 Å². The number of hydrogen-bond acceptors (Lipinski definition) is 2. The van der Waals surface area contributed by atoms with Gasteiger partial charge in [-0.25, -0.2) is 0 Å². The molecule has 0 heterocycles. The van der Waals surface area contributed by atoms with Gasteiger partial charge in [-0.1, -0.05) is 82.0 Å². The van der Waals surface area contributed by atoms with Crippen LogP contribution in [-0.4, -0.2) is 47.5 Å². The highest BCUT2D eigenvalue weighted by Gasteiger charge is 2.26. The third-order valence-electron chi connectivity index (χ3n) is 5.54. The van der Waals surface area contributed by atoms with Crippen LogP contribution in [0.3, 0.4) is 0 Å². The Bertz CT molecular complexity index is 481. The summed E-state index contributed by atoms with van der Waals surface area (Å²) >= 11 is 6.14. The molecule has 3 nitrogen and oxygen atoms in total. The summed E-state index contributed by atoms with van der Waals surface area (Å²) in [7, 11) is 0. The van der Waals surface area contributed by atoms with Crippen LogP contribution in [-0.2, 0) is 6.54 Å². The first-order valence-electron chi connectivity index (χ1n) is 11.0. The van der Waals surface area contributed by atoms with Crippen LogP contribution in [0, 0.1) is 0 Å². The maximum atomic E-state index is 9.60. The smallest absolute Gasteiger partial charge is 0.105 e. The van der Waals surface area contributed by atoms with Gasteiger partial charge in [-0.15, -0.1) is 0 Å². The molecule has 0 aliphatic rings. The molecule has 0 bridgehead atoms. The minimum atomic E-state index is 0. The fraction of sp³-hybridized carbons (Fsp3) is 0.739. The molecule has 164 valence electrons. The van der Waals surface area contributed by atoms with Crippen LogP contribution in [0.5, 0.6) is 0 Å². The summed E-state index contributed by atoms with van der Waals surface area (Å²) in [5, 5.41) is 19.9. The highest BCUT2D eigenvalue weighted by molar-refractivity contribution is 6.30. The number of hydrogen-bond donors (Lipinski definition) is 2. The van der Waals surface area contributed by atoms with Gasteiger partial charge in [0.05, 0.1) is 19.8 Å². The zero-order valence-electron chi connectivity index (χ0n) is 17.7. The van der Waals surface area contributed by atoms with Gasteiger partial charge in [0.1, 0.15) is 19.6 Å². The second kappa shape index (κ2) is 17.7. The number of benzene rings is 1. The van der Waals surface area contributed by atoms with Crippen LogP contribution in [0.25, 0.3) is 0 Å². The minimum absolute atomic E-state index is 0. The van der Waals surface area contributed by atoms with Crippen LogP contribution >= 0.6 is 11.6 Å². The molecule has 0 saturated heterocycles. The molecule has 0 aliphatic carbocycles. The summed E-state index contributed by atoms with van der Waals surface area (Å²) in [6.07, 6.45) is 13.2. The molecule has 1 aromatic rings. The Morgan fingerprint density at radius 2 is 1.32 bits per heavy atom. The first-order chi connectivity index (χ1) is 13.2. The van der Waals surface area contributed by atoms with Crippen molar-refractivity contribution in [3.8, 4) is 0 Å². The quantitative estimate of drug-likeness (QED) is 0.267. The third-order valence-corrected chi connectivity index (χ3v) is 5.78. The van der Waals surface area contributed by atoms with E-state index in [0.717, 1.165) is 29.0 Å². The van der Waals surface area contributed by atoms with Crippen molar-refractivity contribution in [2.75, 3.05) is 32.8 Å². The van der Waals surface area contributed by atoms with E-state index in [1.807, 2.05) is 18.2 Å². The molecule has 0 atom stereocenters. The predicted octanol–water partition coefficient (Wildman–Crippen LogP) is 2.57. The maximum absolute atomic E-state index is 9.60. The van der Waals surface area contributed by atoms with Crippen molar-refractivity contribution in [3.63, 3.8) is 0 Å². The monoisotopic (exact) mass is 477 g/mol. The summed E-state index contributed by atoms with van der Waals surface area (Å²) in [4.78, 5) is 0. The van der Waals surface area contributed by atoms with Gasteiger partial charge in [-0.3, -0.25) is 0 Å². The third kappa shape index (κ3) is 12.4. The molecule has 0 unspecified atom stereocenters. The Kier molecular flexibility index (Phi) is 17.6. The average Bonchev–Trinajstić information content (AvgIpc) is 2.64. The molecule has 0 radical (unpaired) electrons. The van der Waals surface area contributed by atoms with Crippen molar-refractivity contribution >= 4 is 11.6 Å². The number of quaternary nitrogens is 1. The van der Waals surface area contributed by atoms with Crippen LogP contribution in [0.4, 0.5) is 0 Å². The molecule has 28 heavy (non-hydrogen) atoms. The van der Waals surface area contributed by atoms with Gasteiger partial charge in [-0.2, -0.15) is 0 Å². The predicted molar refractivity (Wildman–Crippen MR) is 116 cm³/mol. The molecule has 0 aliphatic heterocycles. The number of aliphatic hydroxyl groups excluding tert-OH is 2. The van der Waals surface area contributed by atoms with E-state index in [-0.39, 0.29) is 30.2 Å². The van der Waals surface area contributed by atoms with E-state index in [4.69, 9.17) is 11.6 Å². The van der Waals surface area contributed by atoms with Crippen molar-refractivity contribution in [1.82, 2.24) is 0 Å². The van der Waals surface area contributed by atoms with Crippen molar-refractivity contribution < 1.29 is 31.7 Å². The average molecular weight is 479 g/mol. The molecule has 0 amide bonds. The lowest BCUT2D eigenvalue weighted by Crippen LogP contribution is -3.00. The SMILES string of the molecule is CCCCCCCCCCCC[N+](CCO)(CCO)Cc1cccc(Cl)c1.[Br-]. The summed E-state index contributed by atoms with van der Waals surface area (Å²) in [5.74, 6) is 0. The standard InChI is InChI=1S/C23H41ClNO2.BrH/c1-2-3-4-5-6-7-8-9-10-11-15-25(16-18-26,17-19-27)21-22-13-12-14-23(24)20-22;/h12-14,20,26-27H,2-11,15-19,21H2,1H3;1H/q+1;/p-1. The first-order valence-corrected chi connectivity index (χ1v) is 11.3. The van der Waals surface area contributed by atoms with Crippen molar-refractivity contribution in [2.24, 2.45) is 0 Å². The second-order valence-corrected chi connectivity index (χ2v) is 8.37. The number of nitrogens with zero attached hydrogens (tertiary/aromatic N) is 1. The first kappa shape index (κ1) is 27.9. The topological polar surface area (TPSA) is 40.5 Å². The molecule has 5 heteroatoms. The summed E-state index contributed by atoms with van der Waals surface area (Å²) in [5.41, 5.74) is 1.18. The van der Waals surface area contributed by atoms with Gasteiger partial charge < -0.3 is 31.7 Å². The number of rotatable bonds is 17. The lowest BCUT2D eigenvalue weighted by atomic mass is 10.1. The molecule has 0 saturated carbocycles. The summed E-state index contributed by atoms with van der Waals surface area (Å²) in [6, 6.07) is 7.96. The van der Waals surface area contributed by atoms with Gasteiger partial charge in [-0.05, 0) is 25.0 Å². The fourth-order valence-electron chi connectivity index (χ4n) is 3.95. The second-order valence-electron chi connectivity index (χ2n) is 7.93. The number of halogens is 2. The van der Waals surface area contributed by atoms with Gasteiger partial charge in [0, 0.05) is 10.6 Å². The molecule has 0 fully saturated rings. The van der Waals surface area contributed by atoms with Crippen LogP contribution in [0.15, 0.2) is 24.3 Å². The minimum Gasteiger partial charge on any atom is -1.00 e. The largest absolute Gasteiger partial charge is 1.00 e. The van der Waals surface area contributed by atoms with Gasteiger partial charge in [0.25, 0.3) is 0 Å². The van der Waals surface area contributed by atoms with Crippen molar-refractivity contribution in [1.29, 1.82) is 0 Å². The summed E-state index contributed by atoms with van der Waals surface area (Å²) < 4.78 is 0.740. The Morgan fingerprint density at radius 1 is 0.786 bits per heavy atom. The number of aliphatic hydroxyl groups is 2. The lowest BCUT2D eigenvalue weighted by molar-refractivity contribution is -0.941. The van der Waals surface area contributed by atoms with E-state index in [0.29, 0.717) is 13.1 Å². The molecular weight excluding hydrogens is 438 g/mol. The van der Waals surface area contributed by atoms with Crippen LogP contribution < -0.4 is 17.0 Å². The number of unbranched alkanes of at least 4 members (excludes halogenated alkanes) is 9. The van der Waals surface area contributed by atoms with Crippen LogP contribution in [0.2, 0.25) is 5.02 Å². The Labute approximate surface area is 188 Å². The molecule has 0 aromatic heterocycles. The molecule has 2 N–H and O–H groups in total. The highest BCUT2D eigenvalue weighted by Crippen LogP contribution is 2.20. The van der Waals surface area contributed by atoms with E-state index in [1.165, 1.54) is 63.4 Å². The van der Waals surface area contributed by atoms with Crippen molar-refractivity contribution in [2.45, 2.75) is 77.7 Å². The van der Waals surface area contributed by atoms with E-state index in [1.54, 1.807) is 0 Å².